The molecule has 0 atom stereocenters. The second kappa shape index (κ2) is 6.52. The Morgan fingerprint density at radius 1 is 0.880 bits per heavy atom. The van der Waals surface area contributed by atoms with Crippen molar-refractivity contribution >= 4 is 22.4 Å². The molecular weight excluding hydrogens is 320 g/mol. The zero-order valence-electron chi connectivity index (χ0n) is 13.4. The second-order valence-corrected chi connectivity index (χ2v) is 5.56. The average molecular weight is 336 g/mol. The number of hydrazone groups is 1. The van der Waals surface area contributed by atoms with Crippen molar-refractivity contribution in [3.8, 4) is 17.2 Å². The van der Waals surface area contributed by atoms with Gasteiger partial charge in [-0.3, -0.25) is 4.79 Å². The van der Waals surface area contributed by atoms with E-state index in [0.29, 0.717) is 11.3 Å². The molecule has 0 bridgehead atoms. The van der Waals surface area contributed by atoms with Crippen LogP contribution >= 0.6 is 0 Å². The summed E-state index contributed by atoms with van der Waals surface area (Å²) in [4.78, 5) is 12.3. The molecule has 25 heavy (non-hydrogen) atoms. The molecule has 0 saturated heterocycles. The molecule has 0 aromatic heterocycles. The fourth-order valence-corrected chi connectivity index (χ4v) is 2.48. The van der Waals surface area contributed by atoms with E-state index in [4.69, 9.17) is 0 Å². The summed E-state index contributed by atoms with van der Waals surface area (Å²) in [6.07, 6.45) is 0. The standard InChI is InChI=1S/C19H16N2O4/c1-11(15-10-14(22)6-7-17(15)23)20-21-19(25)16-8-12-4-2-3-5-13(12)9-18(16)24/h2-10,22-24H,1H3,(H,21,25)/b20-11+. The van der Waals surface area contributed by atoms with Crippen LogP contribution in [0.5, 0.6) is 17.2 Å². The van der Waals surface area contributed by atoms with Gasteiger partial charge in [-0.15, -0.1) is 0 Å². The van der Waals surface area contributed by atoms with Crippen LogP contribution in [0.25, 0.3) is 10.8 Å². The number of aromatic hydroxyl groups is 3. The van der Waals surface area contributed by atoms with Gasteiger partial charge >= 0.3 is 0 Å². The molecule has 126 valence electrons. The van der Waals surface area contributed by atoms with Gasteiger partial charge in [0.2, 0.25) is 0 Å². The molecule has 0 heterocycles. The molecule has 3 aromatic carbocycles. The summed E-state index contributed by atoms with van der Waals surface area (Å²) in [6, 6.07) is 14.5. The van der Waals surface area contributed by atoms with Crippen LogP contribution in [0, 0.1) is 0 Å². The van der Waals surface area contributed by atoms with Gasteiger partial charge in [-0.2, -0.15) is 5.10 Å². The van der Waals surface area contributed by atoms with Crippen LogP contribution in [0.4, 0.5) is 0 Å². The molecule has 4 N–H and O–H groups in total. The van der Waals surface area contributed by atoms with Gasteiger partial charge in [0.05, 0.1) is 11.3 Å². The maximum Gasteiger partial charge on any atom is 0.275 e. The number of phenolic OH excluding ortho intramolecular Hbond substituents is 3. The Morgan fingerprint density at radius 2 is 1.56 bits per heavy atom. The van der Waals surface area contributed by atoms with Gasteiger partial charge in [0, 0.05) is 5.56 Å². The zero-order chi connectivity index (χ0) is 18.0. The molecule has 6 heteroatoms. The summed E-state index contributed by atoms with van der Waals surface area (Å²) >= 11 is 0. The minimum absolute atomic E-state index is 0.0270. The van der Waals surface area contributed by atoms with Crippen molar-refractivity contribution in [2.45, 2.75) is 6.92 Å². The van der Waals surface area contributed by atoms with Crippen LogP contribution < -0.4 is 5.43 Å². The molecule has 0 saturated carbocycles. The summed E-state index contributed by atoms with van der Waals surface area (Å²) in [5.74, 6) is -0.825. The Kier molecular flexibility index (Phi) is 4.26. The lowest BCUT2D eigenvalue weighted by Crippen LogP contribution is -2.19. The first kappa shape index (κ1) is 16.3. The quantitative estimate of drug-likeness (QED) is 0.335. The number of carbonyl (C=O) groups is 1. The third-order valence-electron chi connectivity index (χ3n) is 3.80. The minimum Gasteiger partial charge on any atom is -0.508 e. The molecule has 1 amide bonds. The Balaban J connectivity index is 1.87. The van der Waals surface area contributed by atoms with Crippen LogP contribution in [0.1, 0.15) is 22.8 Å². The van der Waals surface area contributed by atoms with E-state index < -0.39 is 5.91 Å². The highest BCUT2D eigenvalue weighted by atomic mass is 16.3. The zero-order valence-corrected chi connectivity index (χ0v) is 13.4. The fraction of sp³-hybridized carbons (Fsp3) is 0.0526. The van der Waals surface area contributed by atoms with E-state index in [1.807, 2.05) is 24.3 Å². The van der Waals surface area contributed by atoms with E-state index in [1.54, 1.807) is 13.0 Å². The van der Waals surface area contributed by atoms with Crippen molar-refractivity contribution in [1.82, 2.24) is 5.43 Å². The monoisotopic (exact) mass is 336 g/mol. The predicted octanol–water partition coefficient (Wildman–Crippen LogP) is 3.11. The van der Waals surface area contributed by atoms with Gasteiger partial charge in [0.25, 0.3) is 5.91 Å². The predicted molar refractivity (Wildman–Crippen MR) is 95.1 cm³/mol. The van der Waals surface area contributed by atoms with E-state index in [1.165, 1.54) is 24.3 Å². The van der Waals surface area contributed by atoms with E-state index in [0.717, 1.165) is 10.8 Å². The Bertz CT molecular complexity index is 996. The number of benzene rings is 3. The van der Waals surface area contributed by atoms with Crippen molar-refractivity contribution in [3.63, 3.8) is 0 Å². The van der Waals surface area contributed by atoms with Gasteiger partial charge in [-0.1, -0.05) is 24.3 Å². The van der Waals surface area contributed by atoms with Crippen molar-refractivity contribution in [2.75, 3.05) is 0 Å². The number of rotatable bonds is 3. The van der Waals surface area contributed by atoms with Gasteiger partial charge in [0.15, 0.2) is 0 Å². The molecule has 0 aliphatic rings. The number of phenols is 3. The van der Waals surface area contributed by atoms with Crippen LogP contribution in [-0.4, -0.2) is 26.9 Å². The highest BCUT2D eigenvalue weighted by Gasteiger charge is 2.13. The van der Waals surface area contributed by atoms with Gasteiger partial charge < -0.3 is 15.3 Å². The molecule has 0 fully saturated rings. The summed E-state index contributed by atoms with van der Waals surface area (Å²) < 4.78 is 0. The Morgan fingerprint density at radius 3 is 2.28 bits per heavy atom. The molecule has 3 rings (SSSR count). The summed E-state index contributed by atoms with van der Waals surface area (Å²) in [7, 11) is 0. The molecule has 3 aromatic rings. The third kappa shape index (κ3) is 3.37. The normalized spacial score (nSPS) is 11.5. The second-order valence-electron chi connectivity index (χ2n) is 5.56. The Hall–Kier alpha value is -3.54. The number of hydrogen-bond acceptors (Lipinski definition) is 5. The van der Waals surface area contributed by atoms with Crippen molar-refractivity contribution in [3.05, 3.63) is 65.7 Å². The molecule has 0 radical (unpaired) electrons. The highest BCUT2D eigenvalue weighted by molar-refractivity contribution is 6.04. The summed E-state index contributed by atoms with van der Waals surface area (Å²) in [5, 5.41) is 34.9. The first-order chi connectivity index (χ1) is 12.0. The van der Waals surface area contributed by atoms with E-state index in [-0.39, 0.29) is 22.8 Å². The lowest BCUT2D eigenvalue weighted by molar-refractivity contribution is 0.0952. The third-order valence-corrected chi connectivity index (χ3v) is 3.80. The van der Waals surface area contributed by atoms with Crippen molar-refractivity contribution in [2.24, 2.45) is 5.10 Å². The highest BCUT2D eigenvalue weighted by Crippen LogP contribution is 2.25. The number of nitrogens with zero attached hydrogens (tertiary/aromatic N) is 1. The lowest BCUT2D eigenvalue weighted by Gasteiger charge is -2.08. The van der Waals surface area contributed by atoms with Crippen molar-refractivity contribution in [1.29, 1.82) is 0 Å². The van der Waals surface area contributed by atoms with Gasteiger partial charge in [-0.25, -0.2) is 5.43 Å². The van der Waals surface area contributed by atoms with Crippen molar-refractivity contribution < 1.29 is 20.1 Å². The maximum atomic E-state index is 12.3. The van der Waals surface area contributed by atoms with Crippen LogP contribution in [0.15, 0.2) is 59.7 Å². The topological polar surface area (TPSA) is 102 Å². The molecule has 0 aliphatic carbocycles. The average Bonchev–Trinajstić information content (AvgIpc) is 2.60. The largest absolute Gasteiger partial charge is 0.508 e. The summed E-state index contributed by atoms with van der Waals surface area (Å²) in [6.45, 7) is 1.58. The van der Waals surface area contributed by atoms with E-state index in [9.17, 15) is 20.1 Å². The number of amides is 1. The van der Waals surface area contributed by atoms with E-state index >= 15 is 0 Å². The number of fused-ring (bicyclic) bond motifs is 1. The number of nitrogens with one attached hydrogen (secondary N) is 1. The number of carbonyl (C=O) groups excluding carboxylic acids is 1. The van der Waals surface area contributed by atoms with Crippen LogP contribution in [0.2, 0.25) is 0 Å². The number of hydrogen-bond donors (Lipinski definition) is 4. The molecule has 0 unspecified atom stereocenters. The summed E-state index contributed by atoms with van der Waals surface area (Å²) in [5.41, 5.74) is 3.04. The maximum absolute atomic E-state index is 12.3. The first-order valence-corrected chi connectivity index (χ1v) is 7.54. The van der Waals surface area contributed by atoms with Crippen LogP contribution in [-0.2, 0) is 0 Å². The Labute approximate surface area is 143 Å². The van der Waals surface area contributed by atoms with E-state index in [2.05, 4.69) is 10.5 Å². The minimum atomic E-state index is -0.581. The van der Waals surface area contributed by atoms with Gasteiger partial charge in [-0.05, 0) is 48.0 Å². The SMILES string of the molecule is C/C(=N\NC(=O)c1cc2ccccc2cc1O)c1cc(O)ccc1O. The first-order valence-electron chi connectivity index (χ1n) is 7.54. The fourth-order valence-electron chi connectivity index (χ4n) is 2.48. The molecule has 0 spiro atoms. The molecular formula is C19H16N2O4. The molecule has 6 nitrogen and oxygen atoms in total. The molecule has 0 aliphatic heterocycles. The lowest BCUT2D eigenvalue weighted by atomic mass is 10.1. The smallest absolute Gasteiger partial charge is 0.275 e. The van der Waals surface area contributed by atoms with Crippen LogP contribution in [0.3, 0.4) is 0 Å². The van der Waals surface area contributed by atoms with Gasteiger partial charge in [0.1, 0.15) is 17.2 Å².